The van der Waals surface area contributed by atoms with Crippen LogP contribution in [0.15, 0.2) is 33.7 Å². The molecule has 25 heavy (non-hydrogen) atoms. The minimum atomic E-state index is -4.02. The number of hydrogen-bond donors (Lipinski definition) is 0. The Labute approximate surface area is 150 Å². The zero-order valence-corrected chi connectivity index (χ0v) is 16.7. The van der Waals surface area contributed by atoms with Crippen LogP contribution in [0.5, 0.6) is 0 Å². The Kier molecular flexibility index (Phi) is 9.12. The van der Waals surface area contributed by atoms with E-state index in [0.29, 0.717) is 25.0 Å². The number of azide groups is 1. The van der Waals surface area contributed by atoms with Gasteiger partial charge in [-0.1, -0.05) is 32.9 Å². The van der Waals surface area contributed by atoms with Crippen molar-refractivity contribution in [2.75, 3.05) is 19.8 Å². The molecule has 0 saturated carbocycles. The fraction of sp³-hybridized carbons (Fsp3) is 0.600. The molecule has 0 atom stereocenters. The average Bonchev–Trinajstić information content (AvgIpc) is 2.61. The van der Waals surface area contributed by atoms with Gasteiger partial charge in [0.1, 0.15) is 0 Å². The highest BCUT2D eigenvalue weighted by molar-refractivity contribution is 7.90. The van der Waals surface area contributed by atoms with Crippen molar-refractivity contribution in [3.8, 4) is 0 Å². The zero-order chi connectivity index (χ0) is 18.8. The third kappa shape index (κ3) is 6.10. The molecular formula is C15H25N3O5SSi. The van der Waals surface area contributed by atoms with E-state index in [1.165, 1.54) is 12.1 Å². The Bertz CT molecular complexity index is 653. The van der Waals surface area contributed by atoms with Gasteiger partial charge in [0.05, 0.1) is 4.90 Å². The van der Waals surface area contributed by atoms with E-state index < -0.39 is 18.8 Å². The molecule has 0 N–H and O–H groups in total. The van der Waals surface area contributed by atoms with Crippen molar-refractivity contribution in [2.45, 2.75) is 44.9 Å². The predicted molar refractivity (Wildman–Crippen MR) is 96.9 cm³/mol. The third-order valence-electron chi connectivity index (χ3n) is 3.14. The molecule has 140 valence electrons. The van der Waals surface area contributed by atoms with E-state index in [4.69, 9.17) is 18.8 Å². The number of hydrogen-bond acceptors (Lipinski definition) is 5. The van der Waals surface area contributed by atoms with Crippen LogP contribution in [0.2, 0.25) is 0 Å². The lowest BCUT2D eigenvalue weighted by Crippen LogP contribution is -2.57. The minimum Gasteiger partial charge on any atom is -0.370 e. The molecular weight excluding hydrogens is 362 g/mol. The molecule has 8 nitrogen and oxygen atoms in total. The maximum Gasteiger partial charge on any atom is 0.537 e. The van der Waals surface area contributed by atoms with Gasteiger partial charge >= 0.3 is 8.80 Å². The van der Waals surface area contributed by atoms with Crippen molar-refractivity contribution >= 4 is 24.0 Å². The van der Waals surface area contributed by atoms with E-state index >= 15 is 0 Å². The Hall–Kier alpha value is -1.42. The van der Waals surface area contributed by atoms with Gasteiger partial charge in [-0.15, -0.1) is 0 Å². The summed E-state index contributed by atoms with van der Waals surface area (Å²) in [7, 11) is -7.16. The van der Waals surface area contributed by atoms with Crippen LogP contribution in [0.25, 0.3) is 10.4 Å². The van der Waals surface area contributed by atoms with Crippen LogP contribution in [-0.2, 0) is 23.3 Å². The predicted octanol–water partition coefficient (Wildman–Crippen LogP) is 3.11. The lowest BCUT2D eigenvalue weighted by atomic mass is 10.4. The van der Waals surface area contributed by atoms with E-state index in [1.54, 1.807) is 12.1 Å². The summed E-state index contributed by atoms with van der Waals surface area (Å²) in [5.41, 5.74) is 8.36. The second-order valence-corrected chi connectivity index (χ2v) is 9.41. The summed E-state index contributed by atoms with van der Waals surface area (Å²) in [5.74, 6) is 0. The molecule has 0 aliphatic carbocycles. The maximum absolute atomic E-state index is 11.8. The van der Waals surface area contributed by atoms with Crippen LogP contribution in [0.1, 0.15) is 40.0 Å². The quantitative estimate of drug-likeness (QED) is 0.237. The summed E-state index contributed by atoms with van der Waals surface area (Å²) in [6.07, 6.45) is 2.43. The van der Waals surface area contributed by atoms with Gasteiger partial charge in [0.25, 0.3) is 10.0 Å². The van der Waals surface area contributed by atoms with Crippen LogP contribution in [0.4, 0.5) is 0 Å². The SMILES string of the molecule is CCCO[Si](OCCC)(OCCC)c1ccc(S(=O)(=O)N=[N+]=[N-])cc1. The third-order valence-corrected chi connectivity index (χ3v) is 7.09. The Morgan fingerprint density at radius 3 is 1.76 bits per heavy atom. The first-order chi connectivity index (χ1) is 12.0. The molecule has 0 radical (unpaired) electrons. The van der Waals surface area contributed by atoms with Gasteiger partial charge in [0.15, 0.2) is 0 Å². The van der Waals surface area contributed by atoms with Crippen molar-refractivity contribution in [2.24, 2.45) is 4.52 Å². The highest BCUT2D eigenvalue weighted by Gasteiger charge is 2.43. The summed E-state index contributed by atoms with van der Waals surface area (Å²) in [6, 6.07) is 5.96. The van der Waals surface area contributed by atoms with Gasteiger partial charge in [0.2, 0.25) is 0 Å². The average molecular weight is 388 g/mol. The molecule has 0 bridgehead atoms. The fourth-order valence-corrected chi connectivity index (χ4v) is 5.42. The van der Waals surface area contributed by atoms with Crippen LogP contribution in [0, 0.1) is 0 Å². The first-order valence-electron chi connectivity index (χ1n) is 8.29. The van der Waals surface area contributed by atoms with Crippen molar-refractivity contribution in [1.29, 1.82) is 0 Å². The number of rotatable bonds is 12. The van der Waals surface area contributed by atoms with Crippen LogP contribution in [0.3, 0.4) is 0 Å². The highest BCUT2D eigenvalue weighted by Crippen LogP contribution is 2.16. The van der Waals surface area contributed by atoms with Crippen LogP contribution >= 0.6 is 0 Å². The number of benzene rings is 1. The molecule has 1 aromatic rings. The molecule has 0 aromatic heterocycles. The molecule has 10 heteroatoms. The first-order valence-corrected chi connectivity index (χ1v) is 11.5. The largest absolute Gasteiger partial charge is 0.537 e. The van der Waals surface area contributed by atoms with Crippen molar-refractivity contribution in [3.63, 3.8) is 0 Å². The Balaban J connectivity index is 3.24. The minimum absolute atomic E-state index is 0.0848. The van der Waals surface area contributed by atoms with Gasteiger partial charge in [0, 0.05) is 34.4 Å². The molecule has 0 spiro atoms. The van der Waals surface area contributed by atoms with E-state index in [9.17, 15) is 8.42 Å². The normalized spacial score (nSPS) is 12.0. The maximum atomic E-state index is 11.8. The number of sulfonamides is 1. The van der Waals surface area contributed by atoms with Gasteiger partial charge in [-0.25, -0.2) is 8.42 Å². The van der Waals surface area contributed by atoms with Gasteiger partial charge < -0.3 is 13.3 Å². The summed E-state index contributed by atoms with van der Waals surface area (Å²) in [5, 5.41) is 0.683. The topological polar surface area (TPSA) is 111 Å². The molecule has 1 aromatic carbocycles. The lowest BCUT2D eigenvalue weighted by molar-refractivity contribution is 0.0731. The first kappa shape index (κ1) is 21.6. The molecule has 0 saturated heterocycles. The van der Waals surface area contributed by atoms with Gasteiger partial charge in [-0.05, 0) is 36.9 Å². The molecule has 0 aliphatic heterocycles. The second kappa shape index (κ2) is 10.5. The molecule has 0 heterocycles. The standard InChI is InChI=1S/C15H25N3O5SSi/c1-4-11-21-25(22-12-5-2,23-13-6-3)15-9-7-14(8-10-15)24(19,20)18-17-16/h7-10H,4-6,11-13H2,1-3H3. The fourth-order valence-electron chi connectivity index (χ4n) is 2.01. The van der Waals surface area contributed by atoms with Crippen molar-refractivity contribution in [3.05, 3.63) is 34.7 Å². The lowest BCUT2D eigenvalue weighted by Gasteiger charge is -2.29. The summed E-state index contributed by atoms with van der Waals surface area (Å²) < 4.78 is 44.5. The molecule has 0 amide bonds. The van der Waals surface area contributed by atoms with Gasteiger partial charge in [-0.3, -0.25) is 0 Å². The van der Waals surface area contributed by atoms with E-state index in [2.05, 4.69) is 9.43 Å². The summed E-state index contributed by atoms with van der Waals surface area (Å²) in [6.45, 7) is 7.44. The highest BCUT2D eigenvalue weighted by atomic mass is 32.2. The van der Waals surface area contributed by atoms with Crippen LogP contribution < -0.4 is 5.19 Å². The monoisotopic (exact) mass is 387 g/mol. The second-order valence-electron chi connectivity index (χ2n) is 5.27. The van der Waals surface area contributed by atoms with E-state index in [0.717, 1.165) is 19.3 Å². The summed E-state index contributed by atoms with van der Waals surface area (Å²) >= 11 is 0. The zero-order valence-electron chi connectivity index (χ0n) is 14.8. The van der Waals surface area contributed by atoms with E-state index in [1.807, 2.05) is 20.8 Å². The molecule has 1 rings (SSSR count). The van der Waals surface area contributed by atoms with Crippen molar-refractivity contribution < 1.29 is 21.7 Å². The van der Waals surface area contributed by atoms with E-state index in [-0.39, 0.29) is 4.90 Å². The number of nitrogens with zero attached hydrogens (tertiary/aromatic N) is 3. The Morgan fingerprint density at radius 1 is 0.960 bits per heavy atom. The Morgan fingerprint density at radius 2 is 1.40 bits per heavy atom. The summed E-state index contributed by atoms with van der Waals surface area (Å²) in [4.78, 5) is 2.26. The smallest absolute Gasteiger partial charge is 0.370 e. The van der Waals surface area contributed by atoms with Crippen LogP contribution in [-0.4, -0.2) is 37.0 Å². The van der Waals surface area contributed by atoms with Crippen molar-refractivity contribution in [1.82, 2.24) is 0 Å². The van der Waals surface area contributed by atoms with Gasteiger partial charge in [-0.2, -0.15) is 0 Å². The molecule has 0 aliphatic rings. The molecule has 0 unspecified atom stereocenters. The molecule has 0 fully saturated rings.